The number of nitrogens with zero attached hydrogens (tertiary/aromatic N) is 1. The summed E-state index contributed by atoms with van der Waals surface area (Å²) in [5, 5.41) is 0. The molecule has 1 aliphatic heterocycles. The minimum atomic E-state index is -0.525. The van der Waals surface area contributed by atoms with Gasteiger partial charge in [0.15, 0.2) is 0 Å². The second-order valence-electron chi connectivity index (χ2n) is 7.35. The van der Waals surface area contributed by atoms with Gasteiger partial charge in [0, 0.05) is 13.0 Å². The number of rotatable bonds is 4. The van der Waals surface area contributed by atoms with Crippen LogP contribution in [0.4, 0.5) is 0 Å². The Kier molecular flexibility index (Phi) is 4.24. The maximum Gasteiger partial charge on any atom is 0.236 e. The number of amides is 2. The van der Waals surface area contributed by atoms with Gasteiger partial charge in [0.25, 0.3) is 0 Å². The third kappa shape index (κ3) is 2.50. The Bertz CT molecular complexity index is 399. The van der Waals surface area contributed by atoms with Crippen molar-refractivity contribution in [1.29, 1.82) is 0 Å². The highest BCUT2D eigenvalue weighted by molar-refractivity contribution is 6.06. The molecule has 2 fully saturated rings. The molecule has 4 nitrogen and oxygen atoms in total. The van der Waals surface area contributed by atoms with Gasteiger partial charge in [-0.25, -0.2) is 0 Å². The van der Waals surface area contributed by atoms with Crippen LogP contribution in [0.5, 0.6) is 0 Å². The topological polar surface area (TPSA) is 63.4 Å². The standard InChI is InChI=1S/C16H28N2O2/c1-12(2)9-15(3,11-17)18-13(19)10-16(14(18)20)7-5-4-6-8-16/h12H,4-11,17H2,1-3H3. The van der Waals surface area contributed by atoms with E-state index in [0.717, 1.165) is 32.1 Å². The Morgan fingerprint density at radius 1 is 1.25 bits per heavy atom. The van der Waals surface area contributed by atoms with Crippen molar-refractivity contribution in [3.05, 3.63) is 0 Å². The molecule has 2 N–H and O–H groups in total. The van der Waals surface area contributed by atoms with Gasteiger partial charge >= 0.3 is 0 Å². The van der Waals surface area contributed by atoms with Crippen LogP contribution < -0.4 is 5.73 Å². The first-order chi connectivity index (χ1) is 9.34. The van der Waals surface area contributed by atoms with E-state index in [9.17, 15) is 9.59 Å². The number of nitrogens with two attached hydrogens (primary N) is 1. The number of imide groups is 1. The Labute approximate surface area is 122 Å². The molecule has 2 amide bonds. The highest BCUT2D eigenvalue weighted by Gasteiger charge is 2.55. The first-order valence-corrected chi connectivity index (χ1v) is 7.92. The van der Waals surface area contributed by atoms with Crippen molar-refractivity contribution in [2.24, 2.45) is 17.1 Å². The molecule has 1 atom stereocenters. The fraction of sp³-hybridized carbons (Fsp3) is 0.875. The average molecular weight is 280 g/mol. The highest BCUT2D eigenvalue weighted by atomic mass is 16.2. The fourth-order valence-electron chi connectivity index (χ4n) is 4.11. The van der Waals surface area contributed by atoms with Crippen LogP contribution in [-0.4, -0.2) is 28.8 Å². The van der Waals surface area contributed by atoms with E-state index in [1.807, 2.05) is 6.92 Å². The molecule has 4 heteroatoms. The smallest absolute Gasteiger partial charge is 0.236 e. The molecule has 0 radical (unpaired) electrons. The van der Waals surface area contributed by atoms with Crippen molar-refractivity contribution in [3.8, 4) is 0 Å². The largest absolute Gasteiger partial charge is 0.328 e. The highest BCUT2D eigenvalue weighted by Crippen LogP contribution is 2.47. The van der Waals surface area contributed by atoms with E-state index in [-0.39, 0.29) is 11.8 Å². The fourth-order valence-corrected chi connectivity index (χ4v) is 4.11. The second-order valence-corrected chi connectivity index (χ2v) is 7.35. The van der Waals surface area contributed by atoms with Gasteiger partial charge in [0.1, 0.15) is 0 Å². The van der Waals surface area contributed by atoms with Crippen LogP contribution >= 0.6 is 0 Å². The molecule has 0 bridgehead atoms. The molecule has 1 unspecified atom stereocenters. The lowest BCUT2D eigenvalue weighted by Gasteiger charge is -2.40. The second kappa shape index (κ2) is 5.47. The Balaban J connectivity index is 2.27. The summed E-state index contributed by atoms with van der Waals surface area (Å²) in [5.41, 5.74) is 5.01. The van der Waals surface area contributed by atoms with Gasteiger partial charge in [-0.3, -0.25) is 14.5 Å². The minimum Gasteiger partial charge on any atom is -0.328 e. The lowest BCUT2D eigenvalue weighted by atomic mass is 9.73. The molecule has 1 spiro atoms. The predicted molar refractivity (Wildman–Crippen MR) is 78.9 cm³/mol. The first-order valence-electron chi connectivity index (χ1n) is 7.92. The predicted octanol–water partition coefficient (Wildman–Crippen LogP) is 2.46. The number of carbonyl (C=O) groups excluding carboxylic acids is 2. The van der Waals surface area contributed by atoms with Gasteiger partial charge in [-0.15, -0.1) is 0 Å². The molecule has 1 aliphatic carbocycles. The van der Waals surface area contributed by atoms with E-state index in [2.05, 4.69) is 13.8 Å². The van der Waals surface area contributed by atoms with Gasteiger partial charge < -0.3 is 5.73 Å². The number of likely N-dealkylation sites (tertiary alicyclic amines) is 1. The normalized spacial score (nSPS) is 25.6. The summed E-state index contributed by atoms with van der Waals surface area (Å²) in [6.45, 7) is 6.52. The Morgan fingerprint density at radius 2 is 1.85 bits per heavy atom. The molecule has 0 aromatic heterocycles. The summed E-state index contributed by atoms with van der Waals surface area (Å²) >= 11 is 0. The van der Waals surface area contributed by atoms with E-state index in [4.69, 9.17) is 5.73 Å². The Morgan fingerprint density at radius 3 is 2.35 bits per heavy atom. The van der Waals surface area contributed by atoms with Gasteiger partial charge in [-0.2, -0.15) is 0 Å². The third-order valence-electron chi connectivity index (χ3n) is 5.03. The number of hydrogen-bond acceptors (Lipinski definition) is 3. The Hall–Kier alpha value is -0.900. The summed E-state index contributed by atoms with van der Waals surface area (Å²) < 4.78 is 0. The molecule has 2 aliphatic rings. The molecule has 1 heterocycles. The molecule has 20 heavy (non-hydrogen) atoms. The van der Waals surface area contributed by atoms with Crippen molar-refractivity contribution in [2.75, 3.05) is 6.54 Å². The van der Waals surface area contributed by atoms with Crippen molar-refractivity contribution in [3.63, 3.8) is 0 Å². The summed E-state index contributed by atoms with van der Waals surface area (Å²) in [6, 6.07) is 0. The van der Waals surface area contributed by atoms with Crippen LogP contribution in [0.25, 0.3) is 0 Å². The van der Waals surface area contributed by atoms with Crippen molar-refractivity contribution >= 4 is 11.8 Å². The number of hydrogen-bond donors (Lipinski definition) is 1. The van der Waals surface area contributed by atoms with E-state index >= 15 is 0 Å². The van der Waals surface area contributed by atoms with Crippen LogP contribution in [0.3, 0.4) is 0 Å². The maximum absolute atomic E-state index is 12.9. The van der Waals surface area contributed by atoms with Gasteiger partial charge in [-0.1, -0.05) is 33.1 Å². The molecule has 1 saturated carbocycles. The molecular weight excluding hydrogens is 252 g/mol. The SMILES string of the molecule is CC(C)CC(C)(CN)N1C(=O)CC2(CCCCC2)C1=O. The summed E-state index contributed by atoms with van der Waals surface area (Å²) in [4.78, 5) is 27.0. The molecule has 2 rings (SSSR count). The summed E-state index contributed by atoms with van der Waals surface area (Å²) in [5.74, 6) is 0.452. The first kappa shape index (κ1) is 15.5. The number of carbonyl (C=O) groups is 2. The lowest BCUT2D eigenvalue weighted by molar-refractivity contribution is -0.149. The minimum absolute atomic E-state index is 0.00880. The quantitative estimate of drug-likeness (QED) is 0.805. The van der Waals surface area contributed by atoms with E-state index in [1.165, 1.54) is 11.3 Å². The zero-order valence-electron chi connectivity index (χ0n) is 13.1. The third-order valence-corrected chi connectivity index (χ3v) is 5.03. The van der Waals surface area contributed by atoms with E-state index in [0.29, 0.717) is 18.9 Å². The molecule has 0 aromatic rings. The maximum atomic E-state index is 12.9. The van der Waals surface area contributed by atoms with Crippen LogP contribution in [0.1, 0.15) is 65.7 Å². The van der Waals surface area contributed by atoms with Crippen molar-refractivity contribution in [1.82, 2.24) is 4.90 Å². The average Bonchev–Trinajstić information content (AvgIpc) is 2.61. The molecular formula is C16H28N2O2. The molecule has 114 valence electrons. The molecule has 0 aromatic carbocycles. The van der Waals surface area contributed by atoms with Gasteiger partial charge in [0.05, 0.1) is 11.0 Å². The molecule has 1 saturated heterocycles. The zero-order chi connectivity index (χ0) is 15.0. The van der Waals surface area contributed by atoms with Gasteiger partial charge in [0.2, 0.25) is 11.8 Å². The van der Waals surface area contributed by atoms with Crippen LogP contribution in [0.15, 0.2) is 0 Å². The van der Waals surface area contributed by atoms with Gasteiger partial charge in [-0.05, 0) is 32.1 Å². The zero-order valence-corrected chi connectivity index (χ0v) is 13.1. The van der Waals surface area contributed by atoms with Crippen LogP contribution in [0, 0.1) is 11.3 Å². The summed E-state index contributed by atoms with van der Waals surface area (Å²) in [6.07, 6.45) is 6.24. The monoisotopic (exact) mass is 280 g/mol. The van der Waals surface area contributed by atoms with Crippen LogP contribution in [0.2, 0.25) is 0 Å². The van der Waals surface area contributed by atoms with E-state index < -0.39 is 11.0 Å². The summed E-state index contributed by atoms with van der Waals surface area (Å²) in [7, 11) is 0. The lowest BCUT2D eigenvalue weighted by Crippen LogP contribution is -2.56. The van der Waals surface area contributed by atoms with Crippen molar-refractivity contribution < 1.29 is 9.59 Å². The van der Waals surface area contributed by atoms with E-state index in [1.54, 1.807) is 0 Å². The van der Waals surface area contributed by atoms with Crippen LogP contribution in [-0.2, 0) is 9.59 Å². The van der Waals surface area contributed by atoms with Crippen molar-refractivity contribution in [2.45, 2.75) is 71.3 Å².